The van der Waals surface area contributed by atoms with Crippen LogP contribution in [-0.2, 0) is 4.79 Å². The summed E-state index contributed by atoms with van der Waals surface area (Å²) in [6, 6.07) is 0.262. The van der Waals surface area contributed by atoms with Crippen molar-refractivity contribution in [2.45, 2.75) is 66.3 Å². The molecule has 3 N–H and O–H groups in total. The average Bonchev–Trinajstić information content (AvgIpc) is 2.24. The highest BCUT2D eigenvalue weighted by Gasteiger charge is 2.19. The third-order valence-electron chi connectivity index (χ3n) is 3.22. The van der Waals surface area contributed by atoms with E-state index in [-0.39, 0.29) is 17.9 Å². The lowest BCUT2D eigenvalue weighted by molar-refractivity contribution is -0.125. The highest BCUT2D eigenvalue weighted by molar-refractivity contribution is 5.79. The highest BCUT2D eigenvalue weighted by Crippen LogP contribution is 2.12. The van der Waals surface area contributed by atoms with Crippen LogP contribution in [0, 0.1) is 17.8 Å². The van der Waals surface area contributed by atoms with Crippen LogP contribution in [0.1, 0.15) is 60.3 Å². The number of hydrogen-bond acceptors (Lipinski definition) is 2. The van der Waals surface area contributed by atoms with Crippen molar-refractivity contribution in [1.29, 1.82) is 0 Å². The molecule has 3 nitrogen and oxygen atoms in total. The molecule has 0 saturated heterocycles. The van der Waals surface area contributed by atoms with E-state index >= 15 is 0 Å². The topological polar surface area (TPSA) is 55.1 Å². The Morgan fingerprint density at radius 3 is 2.11 bits per heavy atom. The van der Waals surface area contributed by atoms with E-state index in [1.54, 1.807) is 0 Å². The fourth-order valence-corrected chi connectivity index (χ4v) is 2.14. The predicted octanol–water partition coefficient (Wildman–Crippen LogP) is 2.94. The van der Waals surface area contributed by atoms with Crippen LogP contribution < -0.4 is 11.1 Å². The number of carbonyl (C=O) groups is 1. The van der Waals surface area contributed by atoms with Gasteiger partial charge in [-0.25, -0.2) is 0 Å². The molecule has 1 amide bonds. The first-order chi connectivity index (χ1) is 8.36. The molecule has 0 aliphatic rings. The quantitative estimate of drug-likeness (QED) is 0.666. The third kappa shape index (κ3) is 8.51. The van der Waals surface area contributed by atoms with Gasteiger partial charge in [-0.2, -0.15) is 0 Å². The first-order valence-corrected chi connectivity index (χ1v) is 7.37. The zero-order chi connectivity index (χ0) is 14.1. The van der Waals surface area contributed by atoms with Gasteiger partial charge >= 0.3 is 0 Å². The molecule has 0 spiro atoms. The second kappa shape index (κ2) is 9.37. The molecule has 0 aliphatic heterocycles. The van der Waals surface area contributed by atoms with Gasteiger partial charge in [0.25, 0.3) is 0 Å². The van der Waals surface area contributed by atoms with Crippen molar-refractivity contribution in [3.05, 3.63) is 0 Å². The van der Waals surface area contributed by atoms with Crippen molar-refractivity contribution in [3.8, 4) is 0 Å². The first kappa shape index (κ1) is 17.4. The Morgan fingerprint density at radius 1 is 1.06 bits per heavy atom. The van der Waals surface area contributed by atoms with Crippen LogP contribution in [0.15, 0.2) is 0 Å². The van der Waals surface area contributed by atoms with E-state index in [1.165, 1.54) is 12.8 Å². The molecule has 0 aromatic heterocycles. The lowest BCUT2D eigenvalue weighted by atomic mass is 9.96. The maximum Gasteiger partial charge on any atom is 0.224 e. The van der Waals surface area contributed by atoms with Gasteiger partial charge in [0.05, 0.1) is 5.92 Å². The SMILES string of the molecule is CC(C)CCCC(C)NC(=O)C(CN)CC(C)C. The Labute approximate surface area is 113 Å². The van der Waals surface area contributed by atoms with Crippen LogP contribution in [0.5, 0.6) is 0 Å². The summed E-state index contributed by atoms with van der Waals surface area (Å²) in [7, 11) is 0. The molecule has 2 unspecified atom stereocenters. The molecule has 0 heterocycles. The summed E-state index contributed by atoms with van der Waals surface area (Å²) >= 11 is 0. The normalized spacial score (nSPS) is 14.9. The van der Waals surface area contributed by atoms with Crippen LogP contribution in [-0.4, -0.2) is 18.5 Å². The number of nitrogens with two attached hydrogens (primary N) is 1. The molecule has 18 heavy (non-hydrogen) atoms. The van der Waals surface area contributed by atoms with Gasteiger partial charge in [0.2, 0.25) is 5.91 Å². The fraction of sp³-hybridized carbons (Fsp3) is 0.933. The molecular weight excluding hydrogens is 224 g/mol. The van der Waals surface area contributed by atoms with Gasteiger partial charge in [-0.1, -0.05) is 40.5 Å². The Balaban J connectivity index is 3.96. The molecule has 0 fully saturated rings. The number of rotatable bonds is 9. The molecular formula is C15H32N2O. The van der Waals surface area contributed by atoms with Gasteiger partial charge in [-0.3, -0.25) is 4.79 Å². The van der Waals surface area contributed by atoms with E-state index < -0.39 is 0 Å². The summed E-state index contributed by atoms with van der Waals surface area (Å²) in [5.41, 5.74) is 5.68. The number of nitrogens with one attached hydrogen (secondary N) is 1. The van der Waals surface area contributed by atoms with E-state index in [4.69, 9.17) is 5.73 Å². The summed E-state index contributed by atoms with van der Waals surface area (Å²) in [5.74, 6) is 1.35. The van der Waals surface area contributed by atoms with Crippen molar-refractivity contribution in [2.75, 3.05) is 6.54 Å². The summed E-state index contributed by atoms with van der Waals surface area (Å²) in [6.07, 6.45) is 4.34. The minimum atomic E-state index is -0.0300. The number of carbonyl (C=O) groups excluding carboxylic acids is 1. The number of hydrogen-bond donors (Lipinski definition) is 2. The van der Waals surface area contributed by atoms with Crippen molar-refractivity contribution < 1.29 is 4.79 Å². The maximum atomic E-state index is 12.0. The second-order valence-corrected chi connectivity index (χ2v) is 6.30. The minimum absolute atomic E-state index is 0.0300. The molecule has 2 atom stereocenters. The predicted molar refractivity (Wildman–Crippen MR) is 78.3 cm³/mol. The van der Waals surface area contributed by atoms with E-state index in [9.17, 15) is 4.79 Å². The van der Waals surface area contributed by atoms with Crippen molar-refractivity contribution in [1.82, 2.24) is 5.32 Å². The Bertz CT molecular complexity index is 227. The smallest absolute Gasteiger partial charge is 0.224 e. The average molecular weight is 256 g/mol. The standard InChI is InChI=1S/C15H32N2O/c1-11(2)7-6-8-13(5)17-15(18)14(10-16)9-12(3)4/h11-14H,6-10,16H2,1-5H3,(H,17,18). The molecule has 0 aromatic rings. The molecule has 0 saturated carbocycles. The molecule has 3 heteroatoms. The van der Waals surface area contributed by atoms with Gasteiger partial charge in [0.15, 0.2) is 0 Å². The van der Waals surface area contributed by atoms with Crippen molar-refractivity contribution in [3.63, 3.8) is 0 Å². The molecule has 0 rings (SSSR count). The Hall–Kier alpha value is -0.570. The summed E-state index contributed by atoms with van der Waals surface area (Å²) in [6.45, 7) is 11.3. The van der Waals surface area contributed by atoms with Crippen LogP contribution in [0.3, 0.4) is 0 Å². The van der Waals surface area contributed by atoms with Crippen LogP contribution in [0.2, 0.25) is 0 Å². The van der Waals surface area contributed by atoms with E-state index in [0.717, 1.165) is 18.8 Å². The van der Waals surface area contributed by atoms with E-state index in [2.05, 4.69) is 39.9 Å². The molecule has 0 radical (unpaired) electrons. The summed E-state index contributed by atoms with van der Waals surface area (Å²) in [5, 5.41) is 3.09. The van der Waals surface area contributed by atoms with E-state index in [1.807, 2.05) is 0 Å². The van der Waals surface area contributed by atoms with Gasteiger partial charge in [-0.05, 0) is 31.6 Å². The van der Waals surface area contributed by atoms with Gasteiger partial charge < -0.3 is 11.1 Å². The van der Waals surface area contributed by atoms with E-state index in [0.29, 0.717) is 12.5 Å². The largest absolute Gasteiger partial charge is 0.353 e. The lowest BCUT2D eigenvalue weighted by Crippen LogP contribution is -2.40. The zero-order valence-corrected chi connectivity index (χ0v) is 12.8. The van der Waals surface area contributed by atoms with Crippen LogP contribution in [0.25, 0.3) is 0 Å². The van der Waals surface area contributed by atoms with Crippen molar-refractivity contribution in [2.24, 2.45) is 23.5 Å². The Kier molecular flexibility index (Phi) is 9.08. The maximum absolute atomic E-state index is 12.0. The summed E-state index contributed by atoms with van der Waals surface area (Å²) in [4.78, 5) is 12.0. The van der Waals surface area contributed by atoms with Gasteiger partial charge in [0, 0.05) is 12.6 Å². The minimum Gasteiger partial charge on any atom is -0.353 e. The lowest BCUT2D eigenvalue weighted by Gasteiger charge is -2.20. The third-order valence-corrected chi connectivity index (χ3v) is 3.22. The first-order valence-electron chi connectivity index (χ1n) is 7.37. The van der Waals surface area contributed by atoms with Crippen LogP contribution >= 0.6 is 0 Å². The Morgan fingerprint density at radius 2 is 1.67 bits per heavy atom. The summed E-state index contributed by atoms with van der Waals surface area (Å²) < 4.78 is 0. The molecule has 0 bridgehead atoms. The zero-order valence-electron chi connectivity index (χ0n) is 12.8. The van der Waals surface area contributed by atoms with Gasteiger partial charge in [0.1, 0.15) is 0 Å². The van der Waals surface area contributed by atoms with Crippen LogP contribution in [0.4, 0.5) is 0 Å². The second-order valence-electron chi connectivity index (χ2n) is 6.30. The highest BCUT2D eigenvalue weighted by atomic mass is 16.1. The molecule has 108 valence electrons. The fourth-order valence-electron chi connectivity index (χ4n) is 2.14. The van der Waals surface area contributed by atoms with Gasteiger partial charge in [-0.15, -0.1) is 0 Å². The monoisotopic (exact) mass is 256 g/mol. The number of amides is 1. The molecule has 0 aliphatic carbocycles. The molecule has 0 aromatic carbocycles. The van der Waals surface area contributed by atoms with Crippen molar-refractivity contribution >= 4 is 5.91 Å².